The molecule has 0 aliphatic rings. The summed E-state index contributed by atoms with van der Waals surface area (Å²) in [5.74, 6) is 0.656. The van der Waals surface area contributed by atoms with Gasteiger partial charge in [-0.1, -0.05) is 43.3 Å². The van der Waals surface area contributed by atoms with Crippen molar-refractivity contribution >= 4 is 15.4 Å². The first kappa shape index (κ1) is 7.54. The van der Waals surface area contributed by atoms with E-state index in [4.69, 9.17) is 0 Å². The van der Waals surface area contributed by atoms with Gasteiger partial charge in [-0.05, 0) is 11.5 Å². The van der Waals surface area contributed by atoms with Gasteiger partial charge in [-0.3, -0.25) is 0 Å². The molecule has 1 rings (SSSR count). The van der Waals surface area contributed by atoms with Gasteiger partial charge >= 0.3 is 0 Å². The van der Waals surface area contributed by atoms with Crippen molar-refractivity contribution in [3.8, 4) is 0 Å². The van der Waals surface area contributed by atoms with Crippen LogP contribution >= 0.6 is 0 Å². The van der Waals surface area contributed by atoms with Crippen LogP contribution in [0, 0.1) is 0 Å². The molecule has 0 spiro atoms. The van der Waals surface area contributed by atoms with E-state index in [1.807, 2.05) is 10.2 Å². The second-order valence-corrected chi connectivity index (χ2v) is 3.71. The van der Waals surface area contributed by atoms with Crippen molar-refractivity contribution in [3.63, 3.8) is 0 Å². The first-order valence-electron chi connectivity index (χ1n) is 3.62. The Bertz CT molecular complexity index is 198. The van der Waals surface area contributed by atoms with Crippen LogP contribution in [-0.2, 0) is 0 Å². The van der Waals surface area contributed by atoms with Crippen molar-refractivity contribution in [2.24, 2.45) is 0 Å². The van der Waals surface area contributed by atoms with Crippen molar-refractivity contribution in [2.45, 2.75) is 19.8 Å². The summed E-state index contributed by atoms with van der Waals surface area (Å²) in [6.07, 6.45) is 0. The van der Waals surface area contributed by atoms with Crippen molar-refractivity contribution in [1.82, 2.24) is 0 Å². The van der Waals surface area contributed by atoms with Gasteiger partial charge < -0.3 is 0 Å². The van der Waals surface area contributed by atoms with Crippen LogP contribution in [0.4, 0.5) is 0 Å². The second-order valence-electron chi connectivity index (χ2n) is 2.90. The van der Waals surface area contributed by atoms with Crippen molar-refractivity contribution in [2.75, 3.05) is 0 Å². The van der Waals surface area contributed by atoms with Crippen LogP contribution < -0.4 is 5.19 Å². The molecule has 1 aromatic carbocycles. The fourth-order valence-electron chi connectivity index (χ4n) is 0.903. The Morgan fingerprint density at radius 3 is 2.00 bits per heavy atom. The number of hydrogen-bond acceptors (Lipinski definition) is 0. The van der Waals surface area contributed by atoms with Crippen LogP contribution in [0.5, 0.6) is 0 Å². The van der Waals surface area contributed by atoms with Gasteiger partial charge in [0.15, 0.2) is 0 Å². The first-order valence-corrected chi connectivity index (χ1v) is 4.33. The lowest BCUT2D eigenvalue weighted by molar-refractivity contribution is 0.867. The third-order valence-corrected chi connectivity index (χ3v) is 2.12. The van der Waals surface area contributed by atoms with Gasteiger partial charge in [0.1, 0.15) is 0 Å². The average molecular weight is 149 g/mol. The molecular weight excluding hydrogens is 136 g/mol. The lowest BCUT2D eigenvalue weighted by atomic mass is 10.0. The molecule has 0 aliphatic carbocycles. The predicted octanol–water partition coefficient (Wildman–Crippen LogP) is 1.07. The Labute approximate surface area is 65.7 Å². The molecule has 0 aliphatic heterocycles. The van der Waals surface area contributed by atoms with Crippen molar-refractivity contribution in [3.05, 3.63) is 29.8 Å². The van der Waals surface area contributed by atoms with Gasteiger partial charge in [0.25, 0.3) is 0 Å². The molecule has 0 nitrogen and oxygen atoms in total. The lowest BCUT2D eigenvalue weighted by Crippen LogP contribution is -2.00. The fraction of sp³-hybridized carbons (Fsp3) is 0.333. The molecule has 0 saturated carbocycles. The highest BCUT2D eigenvalue weighted by Crippen LogP contribution is 2.10. The summed E-state index contributed by atoms with van der Waals surface area (Å²) in [6.45, 7) is 4.43. The van der Waals surface area contributed by atoms with Gasteiger partial charge in [-0.2, -0.15) is 0 Å². The van der Waals surface area contributed by atoms with Crippen LogP contribution in [0.2, 0.25) is 0 Å². The molecule has 0 saturated heterocycles. The number of hydrogen-bond donors (Lipinski definition) is 0. The summed E-state index contributed by atoms with van der Waals surface area (Å²) >= 11 is 0. The van der Waals surface area contributed by atoms with E-state index < -0.39 is 0 Å². The Hall–Kier alpha value is -0.563. The van der Waals surface area contributed by atoms with Crippen molar-refractivity contribution < 1.29 is 0 Å². The molecule has 0 N–H and O–H groups in total. The predicted molar refractivity (Wildman–Crippen MR) is 48.7 cm³/mol. The normalized spacial score (nSPS) is 10.4. The minimum atomic E-state index is 0.656. The van der Waals surface area contributed by atoms with Gasteiger partial charge in [-0.25, -0.2) is 0 Å². The van der Waals surface area contributed by atoms with E-state index in [-0.39, 0.29) is 0 Å². The van der Waals surface area contributed by atoms with E-state index >= 15 is 0 Å². The molecule has 1 heteroatoms. The van der Waals surface area contributed by atoms with Crippen LogP contribution in [0.25, 0.3) is 0 Å². The summed E-state index contributed by atoms with van der Waals surface area (Å²) in [7, 11) is 1.93. The largest absolute Gasteiger partial charge is 0.0697 e. The summed E-state index contributed by atoms with van der Waals surface area (Å²) in [6, 6.07) is 8.75. The van der Waals surface area contributed by atoms with E-state index in [2.05, 4.69) is 38.1 Å². The van der Waals surface area contributed by atoms with Gasteiger partial charge in [-0.15, -0.1) is 0 Å². The monoisotopic (exact) mass is 149 g/mol. The molecule has 0 heterocycles. The molecular formula is C9H13Si. The smallest absolute Gasteiger partial charge is 0.0477 e. The molecule has 1 radical (unpaired) electrons. The zero-order valence-electron chi connectivity index (χ0n) is 6.59. The maximum absolute atomic E-state index is 2.22. The fourth-order valence-corrected chi connectivity index (χ4v) is 1.14. The first-order chi connectivity index (χ1) is 4.70. The molecule has 0 unspecified atom stereocenters. The Morgan fingerprint density at radius 2 is 1.60 bits per heavy atom. The van der Waals surface area contributed by atoms with Crippen LogP contribution in [0.3, 0.4) is 0 Å². The van der Waals surface area contributed by atoms with Crippen LogP contribution in [-0.4, -0.2) is 10.2 Å². The number of rotatable bonds is 1. The second kappa shape index (κ2) is 3.02. The summed E-state index contributed by atoms with van der Waals surface area (Å²) in [5.41, 5.74) is 1.43. The molecule has 0 aromatic heterocycles. The Morgan fingerprint density at radius 1 is 1.10 bits per heavy atom. The Kier molecular flexibility index (Phi) is 2.28. The number of benzene rings is 1. The standard InChI is InChI=1S/C9H13Si/c1-7(2)8-3-5-9(10)6-4-8/h3-7H,10H2,1-2H3. The highest BCUT2D eigenvalue weighted by atomic mass is 28.1. The highest BCUT2D eigenvalue weighted by Gasteiger charge is 1.95. The molecule has 0 amide bonds. The molecule has 1 aromatic rings. The third kappa shape index (κ3) is 1.71. The minimum absolute atomic E-state index is 0.656. The van der Waals surface area contributed by atoms with E-state index in [9.17, 15) is 0 Å². The van der Waals surface area contributed by atoms with Crippen molar-refractivity contribution in [1.29, 1.82) is 0 Å². The van der Waals surface area contributed by atoms with E-state index in [0.29, 0.717) is 5.92 Å². The van der Waals surface area contributed by atoms with E-state index in [0.717, 1.165) is 0 Å². The zero-order chi connectivity index (χ0) is 7.56. The van der Waals surface area contributed by atoms with Gasteiger partial charge in [0.2, 0.25) is 0 Å². The topological polar surface area (TPSA) is 0 Å². The SMILES string of the molecule is CC(C)c1ccc([SiH2])cc1. The minimum Gasteiger partial charge on any atom is -0.0697 e. The summed E-state index contributed by atoms with van der Waals surface area (Å²) < 4.78 is 0. The van der Waals surface area contributed by atoms with E-state index in [1.54, 1.807) is 0 Å². The maximum atomic E-state index is 2.22. The van der Waals surface area contributed by atoms with Crippen LogP contribution in [0.15, 0.2) is 24.3 Å². The molecule has 53 valence electrons. The third-order valence-electron chi connectivity index (χ3n) is 1.65. The highest BCUT2D eigenvalue weighted by molar-refractivity contribution is 6.32. The molecule has 0 atom stereocenters. The average Bonchev–Trinajstić information content (AvgIpc) is 1.88. The van der Waals surface area contributed by atoms with Crippen LogP contribution in [0.1, 0.15) is 25.3 Å². The quantitative estimate of drug-likeness (QED) is 0.524. The van der Waals surface area contributed by atoms with E-state index in [1.165, 1.54) is 10.8 Å². The van der Waals surface area contributed by atoms with Gasteiger partial charge in [0.05, 0.1) is 0 Å². The maximum Gasteiger partial charge on any atom is 0.0477 e. The zero-order valence-corrected chi connectivity index (χ0v) is 8.01. The molecule has 0 fully saturated rings. The lowest BCUT2D eigenvalue weighted by Gasteiger charge is -2.03. The molecule has 0 bridgehead atoms. The summed E-state index contributed by atoms with van der Waals surface area (Å²) in [4.78, 5) is 0. The molecule has 10 heavy (non-hydrogen) atoms. The van der Waals surface area contributed by atoms with Gasteiger partial charge in [0, 0.05) is 10.2 Å². The summed E-state index contributed by atoms with van der Waals surface area (Å²) in [5, 5.41) is 1.37. The Balaban J connectivity index is 2.89.